The van der Waals surface area contributed by atoms with Gasteiger partial charge in [-0.3, -0.25) is 4.79 Å². The van der Waals surface area contributed by atoms with E-state index in [0.29, 0.717) is 19.0 Å². The monoisotopic (exact) mass is 216 g/mol. The lowest BCUT2D eigenvalue weighted by atomic mass is 9.96. The van der Waals surface area contributed by atoms with Gasteiger partial charge in [0.25, 0.3) is 0 Å². The standard InChI is InChI=1S/C11H24N2O2/c1-8(2)5-10(6-12)11(15)13(4)7-9(3)14/h8-10,14H,5-7,12H2,1-4H3. The first-order chi connectivity index (χ1) is 6.88. The highest BCUT2D eigenvalue weighted by Gasteiger charge is 2.22. The summed E-state index contributed by atoms with van der Waals surface area (Å²) in [5.41, 5.74) is 5.58. The zero-order valence-corrected chi connectivity index (χ0v) is 10.2. The van der Waals surface area contributed by atoms with Crippen LogP contribution in [0.25, 0.3) is 0 Å². The van der Waals surface area contributed by atoms with E-state index in [-0.39, 0.29) is 11.8 Å². The average molecular weight is 216 g/mol. The molecule has 90 valence electrons. The van der Waals surface area contributed by atoms with Crippen LogP contribution in [0.15, 0.2) is 0 Å². The molecule has 0 saturated heterocycles. The van der Waals surface area contributed by atoms with E-state index < -0.39 is 6.10 Å². The Labute approximate surface area is 92.4 Å². The van der Waals surface area contributed by atoms with Gasteiger partial charge in [0.05, 0.1) is 12.0 Å². The van der Waals surface area contributed by atoms with Crippen LogP contribution < -0.4 is 5.73 Å². The minimum Gasteiger partial charge on any atom is -0.392 e. The molecule has 0 saturated carbocycles. The number of hydrogen-bond acceptors (Lipinski definition) is 3. The molecule has 0 spiro atoms. The number of aliphatic hydroxyl groups is 1. The van der Waals surface area contributed by atoms with Gasteiger partial charge >= 0.3 is 0 Å². The third-order valence-electron chi connectivity index (χ3n) is 2.30. The smallest absolute Gasteiger partial charge is 0.226 e. The van der Waals surface area contributed by atoms with Crippen molar-refractivity contribution in [3.8, 4) is 0 Å². The molecule has 0 bridgehead atoms. The van der Waals surface area contributed by atoms with E-state index in [2.05, 4.69) is 13.8 Å². The van der Waals surface area contributed by atoms with Crippen molar-refractivity contribution in [2.24, 2.45) is 17.6 Å². The van der Waals surface area contributed by atoms with Gasteiger partial charge in [-0.15, -0.1) is 0 Å². The first kappa shape index (κ1) is 14.4. The highest BCUT2D eigenvalue weighted by Crippen LogP contribution is 2.13. The van der Waals surface area contributed by atoms with Crippen LogP contribution in [-0.4, -0.2) is 42.2 Å². The van der Waals surface area contributed by atoms with E-state index in [4.69, 9.17) is 5.73 Å². The van der Waals surface area contributed by atoms with Crippen molar-refractivity contribution in [1.29, 1.82) is 0 Å². The number of rotatable bonds is 6. The predicted molar refractivity (Wildman–Crippen MR) is 61.3 cm³/mol. The van der Waals surface area contributed by atoms with Gasteiger partial charge in [-0.05, 0) is 19.3 Å². The number of likely N-dealkylation sites (N-methyl/N-ethyl adjacent to an activating group) is 1. The Bertz CT molecular complexity index is 193. The second-order valence-electron chi connectivity index (χ2n) is 4.63. The molecular weight excluding hydrogens is 192 g/mol. The van der Waals surface area contributed by atoms with E-state index >= 15 is 0 Å². The molecule has 0 aromatic rings. The minimum absolute atomic E-state index is 0.0344. The molecule has 0 aromatic heterocycles. The van der Waals surface area contributed by atoms with Gasteiger partial charge in [-0.2, -0.15) is 0 Å². The summed E-state index contributed by atoms with van der Waals surface area (Å²) in [5.74, 6) is 0.378. The first-order valence-corrected chi connectivity index (χ1v) is 5.51. The number of nitrogens with zero attached hydrogens (tertiary/aromatic N) is 1. The molecule has 0 aliphatic carbocycles. The highest BCUT2D eigenvalue weighted by atomic mass is 16.3. The molecular formula is C11H24N2O2. The topological polar surface area (TPSA) is 66.6 Å². The Hall–Kier alpha value is -0.610. The molecule has 0 aliphatic heterocycles. The molecule has 0 rings (SSSR count). The maximum atomic E-state index is 11.9. The fraction of sp³-hybridized carbons (Fsp3) is 0.909. The Morgan fingerprint density at radius 2 is 1.93 bits per heavy atom. The lowest BCUT2D eigenvalue weighted by molar-refractivity contribution is -0.135. The van der Waals surface area contributed by atoms with Crippen molar-refractivity contribution in [2.45, 2.75) is 33.3 Å². The number of carbonyl (C=O) groups excluding carboxylic acids is 1. The van der Waals surface area contributed by atoms with Gasteiger partial charge in [0.1, 0.15) is 0 Å². The highest BCUT2D eigenvalue weighted by molar-refractivity contribution is 5.78. The summed E-state index contributed by atoms with van der Waals surface area (Å²) in [7, 11) is 1.71. The van der Waals surface area contributed by atoms with Gasteiger partial charge in [-0.1, -0.05) is 13.8 Å². The third-order valence-corrected chi connectivity index (χ3v) is 2.30. The second-order valence-corrected chi connectivity index (χ2v) is 4.63. The summed E-state index contributed by atoms with van der Waals surface area (Å²) < 4.78 is 0. The Morgan fingerprint density at radius 1 is 1.40 bits per heavy atom. The summed E-state index contributed by atoms with van der Waals surface area (Å²) in [6.45, 7) is 6.56. The zero-order chi connectivity index (χ0) is 12.0. The fourth-order valence-electron chi connectivity index (χ4n) is 1.66. The minimum atomic E-state index is -0.489. The van der Waals surface area contributed by atoms with Crippen molar-refractivity contribution < 1.29 is 9.90 Å². The zero-order valence-electron chi connectivity index (χ0n) is 10.2. The molecule has 4 nitrogen and oxygen atoms in total. The van der Waals surface area contributed by atoms with Crippen LogP contribution in [0.3, 0.4) is 0 Å². The molecule has 15 heavy (non-hydrogen) atoms. The van der Waals surface area contributed by atoms with E-state index in [0.717, 1.165) is 6.42 Å². The Balaban J connectivity index is 4.24. The summed E-state index contributed by atoms with van der Waals surface area (Å²) >= 11 is 0. The quantitative estimate of drug-likeness (QED) is 0.677. The van der Waals surface area contributed by atoms with Gasteiger partial charge in [-0.25, -0.2) is 0 Å². The molecule has 0 fully saturated rings. The van der Waals surface area contributed by atoms with Gasteiger partial charge in [0.2, 0.25) is 5.91 Å². The molecule has 0 radical (unpaired) electrons. The van der Waals surface area contributed by atoms with Gasteiger partial charge in [0.15, 0.2) is 0 Å². The molecule has 2 atom stereocenters. The molecule has 0 heterocycles. The number of aliphatic hydroxyl groups excluding tert-OH is 1. The summed E-state index contributed by atoms with van der Waals surface area (Å²) in [5, 5.41) is 9.18. The van der Waals surface area contributed by atoms with Crippen LogP contribution >= 0.6 is 0 Å². The van der Waals surface area contributed by atoms with Crippen molar-refractivity contribution in [3.05, 3.63) is 0 Å². The SMILES string of the molecule is CC(C)CC(CN)C(=O)N(C)CC(C)O. The fourth-order valence-corrected chi connectivity index (χ4v) is 1.66. The van der Waals surface area contributed by atoms with Gasteiger partial charge in [0, 0.05) is 20.1 Å². The first-order valence-electron chi connectivity index (χ1n) is 5.51. The average Bonchev–Trinajstić information content (AvgIpc) is 2.11. The molecule has 2 unspecified atom stereocenters. The maximum Gasteiger partial charge on any atom is 0.226 e. The number of hydrogen-bond donors (Lipinski definition) is 2. The van der Waals surface area contributed by atoms with Crippen LogP contribution in [-0.2, 0) is 4.79 Å². The predicted octanol–water partition coefficient (Wildman–Crippen LogP) is 0.447. The molecule has 1 amide bonds. The van der Waals surface area contributed by atoms with Crippen molar-refractivity contribution in [2.75, 3.05) is 20.1 Å². The number of nitrogens with two attached hydrogens (primary N) is 1. The molecule has 0 aromatic carbocycles. The number of amides is 1. The Kier molecular flexibility index (Phi) is 6.52. The molecule has 4 heteroatoms. The second kappa shape index (κ2) is 6.80. The van der Waals surface area contributed by atoms with E-state index in [1.807, 2.05) is 0 Å². The molecule has 3 N–H and O–H groups in total. The third kappa shape index (κ3) is 5.74. The summed E-state index contributed by atoms with van der Waals surface area (Å²) in [6.07, 6.45) is 0.316. The maximum absolute atomic E-state index is 11.9. The van der Waals surface area contributed by atoms with Gasteiger partial charge < -0.3 is 15.7 Å². The summed E-state index contributed by atoms with van der Waals surface area (Å²) in [4.78, 5) is 13.4. The van der Waals surface area contributed by atoms with E-state index in [9.17, 15) is 9.90 Å². The van der Waals surface area contributed by atoms with E-state index in [1.165, 1.54) is 0 Å². The van der Waals surface area contributed by atoms with Crippen molar-refractivity contribution in [1.82, 2.24) is 4.90 Å². The number of carbonyl (C=O) groups is 1. The van der Waals surface area contributed by atoms with E-state index in [1.54, 1.807) is 18.9 Å². The van der Waals surface area contributed by atoms with Crippen LogP contribution in [0.2, 0.25) is 0 Å². The summed E-state index contributed by atoms with van der Waals surface area (Å²) in [6, 6.07) is 0. The normalized spacial score (nSPS) is 15.1. The lowest BCUT2D eigenvalue weighted by Crippen LogP contribution is -2.40. The lowest BCUT2D eigenvalue weighted by Gasteiger charge is -2.24. The Morgan fingerprint density at radius 3 is 2.27 bits per heavy atom. The van der Waals surface area contributed by atoms with Crippen LogP contribution in [0.1, 0.15) is 27.2 Å². The van der Waals surface area contributed by atoms with Crippen LogP contribution in [0.4, 0.5) is 0 Å². The largest absolute Gasteiger partial charge is 0.392 e. The van der Waals surface area contributed by atoms with Crippen molar-refractivity contribution >= 4 is 5.91 Å². The van der Waals surface area contributed by atoms with Crippen LogP contribution in [0, 0.1) is 11.8 Å². The molecule has 0 aliphatic rings. The van der Waals surface area contributed by atoms with Crippen LogP contribution in [0.5, 0.6) is 0 Å². The van der Waals surface area contributed by atoms with Crippen molar-refractivity contribution in [3.63, 3.8) is 0 Å².